The lowest BCUT2D eigenvalue weighted by Crippen LogP contribution is -2.20. The highest BCUT2D eigenvalue weighted by Gasteiger charge is 2.10. The molecule has 0 aliphatic heterocycles. The zero-order chi connectivity index (χ0) is 17.8. The topological polar surface area (TPSA) is 51.2 Å². The summed E-state index contributed by atoms with van der Waals surface area (Å²) in [5.74, 6) is -0.316. The molecule has 3 rings (SSSR count). The van der Waals surface area contributed by atoms with Crippen molar-refractivity contribution >= 4 is 45.6 Å². The lowest BCUT2D eigenvalue weighted by Gasteiger charge is -2.07. The van der Waals surface area contributed by atoms with Gasteiger partial charge >= 0.3 is 0 Å². The smallest absolute Gasteiger partial charge is 0.264 e. The van der Waals surface area contributed by atoms with Gasteiger partial charge in [-0.2, -0.15) is 0 Å². The number of nitrogens with one attached hydrogen (secondary N) is 1. The van der Waals surface area contributed by atoms with Crippen LogP contribution in [-0.4, -0.2) is 17.5 Å². The van der Waals surface area contributed by atoms with Crippen LogP contribution in [0.15, 0.2) is 47.8 Å². The van der Waals surface area contributed by atoms with Gasteiger partial charge in [0.2, 0.25) is 0 Å². The maximum Gasteiger partial charge on any atom is 0.264 e. The number of hydrogen-bond donors (Lipinski definition) is 1. The molecule has 0 saturated heterocycles. The molecular weight excluding hydrogens is 386 g/mol. The molecule has 0 saturated carbocycles. The molecule has 128 valence electrons. The normalized spacial score (nSPS) is 10.5. The number of thiazole rings is 1. The first-order chi connectivity index (χ1) is 12.0. The fourth-order valence-corrected chi connectivity index (χ4v) is 3.17. The van der Waals surface area contributed by atoms with Gasteiger partial charge in [-0.3, -0.25) is 10.1 Å². The molecule has 1 aromatic heterocycles. The molecule has 0 aliphatic carbocycles. The minimum atomic E-state index is -0.369. The van der Waals surface area contributed by atoms with Crippen LogP contribution >= 0.6 is 34.5 Å². The number of anilines is 1. The number of aromatic nitrogens is 1. The summed E-state index contributed by atoms with van der Waals surface area (Å²) in [4.78, 5) is 16.3. The summed E-state index contributed by atoms with van der Waals surface area (Å²) in [7, 11) is 0. The zero-order valence-electron chi connectivity index (χ0n) is 12.6. The number of nitrogens with zero attached hydrogens (tertiary/aromatic N) is 1. The summed E-state index contributed by atoms with van der Waals surface area (Å²) in [5.41, 5.74) is 1.42. The molecule has 0 fully saturated rings. The predicted octanol–water partition coefficient (Wildman–Crippen LogP) is 5.27. The Morgan fingerprint density at radius 1 is 1.20 bits per heavy atom. The van der Waals surface area contributed by atoms with Crippen molar-refractivity contribution in [3.63, 3.8) is 0 Å². The Hall–Kier alpha value is -2.15. The maximum atomic E-state index is 12.9. The maximum absolute atomic E-state index is 12.9. The molecule has 0 bridgehead atoms. The second-order valence-electron chi connectivity index (χ2n) is 4.96. The molecule has 1 heterocycles. The zero-order valence-corrected chi connectivity index (χ0v) is 15.0. The summed E-state index contributed by atoms with van der Waals surface area (Å²) in [5, 5.41) is 5.66. The first-order valence-electron chi connectivity index (χ1n) is 7.10. The van der Waals surface area contributed by atoms with E-state index in [0.717, 1.165) is 5.56 Å². The number of carbonyl (C=O) groups is 1. The first kappa shape index (κ1) is 17.7. The summed E-state index contributed by atoms with van der Waals surface area (Å²) in [6.45, 7) is -0.215. The number of rotatable bonds is 5. The molecule has 8 heteroatoms. The van der Waals surface area contributed by atoms with Gasteiger partial charge in [0.1, 0.15) is 11.6 Å². The van der Waals surface area contributed by atoms with Gasteiger partial charge < -0.3 is 4.74 Å². The number of halogens is 3. The van der Waals surface area contributed by atoms with Gasteiger partial charge in [-0.25, -0.2) is 9.37 Å². The molecule has 25 heavy (non-hydrogen) atoms. The Kier molecular flexibility index (Phi) is 5.53. The fourth-order valence-electron chi connectivity index (χ4n) is 1.98. The first-order valence-corrected chi connectivity index (χ1v) is 8.74. The van der Waals surface area contributed by atoms with Gasteiger partial charge in [0.15, 0.2) is 11.7 Å². The molecule has 4 nitrogen and oxygen atoms in total. The van der Waals surface area contributed by atoms with E-state index in [4.69, 9.17) is 27.9 Å². The van der Waals surface area contributed by atoms with Gasteiger partial charge in [0, 0.05) is 16.0 Å². The third-order valence-corrected chi connectivity index (χ3v) is 4.43. The van der Waals surface area contributed by atoms with Crippen molar-refractivity contribution in [2.45, 2.75) is 0 Å². The predicted molar refractivity (Wildman–Crippen MR) is 98.1 cm³/mol. The van der Waals surface area contributed by atoms with Crippen LogP contribution in [0.1, 0.15) is 0 Å². The summed E-state index contributed by atoms with van der Waals surface area (Å²) < 4.78 is 18.3. The van der Waals surface area contributed by atoms with Gasteiger partial charge in [-0.1, -0.05) is 23.2 Å². The molecule has 3 aromatic rings. The van der Waals surface area contributed by atoms with Gasteiger partial charge in [-0.15, -0.1) is 11.3 Å². The van der Waals surface area contributed by atoms with E-state index < -0.39 is 0 Å². The summed E-state index contributed by atoms with van der Waals surface area (Å²) in [6, 6.07) is 10.7. The van der Waals surface area contributed by atoms with Crippen LogP contribution in [0.5, 0.6) is 5.75 Å². The Balaban J connectivity index is 1.59. The van der Waals surface area contributed by atoms with E-state index in [1.807, 2.05) is 0 Å². The Morgan fingerprint density at radius 2 is 1.96 bits per heavy atom. The molecule has 0 aliphatic rings. The monoisotopic (exact) mass is 396 g/mol. The Bertz CT molecular complexity index is 900. The lowest BCUT2D eigenvalue weighted by atomic mass is 10.2. The van der Waals surface area contributed by atoms with E-state index in [1.54, 1.807) is 29.6 Å². The van der Waals surface area contributed by atoms with Crippen LogP contribution in [0, 0.1) is 5.82 Å². The number of ether oxygens (including phenoxy) is 1. The lowest BCUT2D eigenvalue weighted by molar-refractivity contribution is -0.118. The second-order valence-corrected chi connectivity index (χ2v) is 6.66. The Labute approximate surface area is 157 Å². The third kappa shape index (κ3) is 4.69. The van der Waals surface area contributed by atoms with Crippen LogP contribution in [0.2, 0.25) is 10.0 Å². The summed E-state index contributed by atoms with van der Waals surface area (Å²) in [6.07, 6.45) is 0. The van der Waals surface area contributed by atoms with Crippen LogP contribution in [-0.2, 0) is 4.79 Å². The number of benzene rings is 2. The average molecular weight is 397 g/mol. The highest BCUT2D eigenvalue weighted by atomic mass is 35.5. The average Bonchev–Trinajstić information content (AvgIpc) is 3.03. The molecule has 0 spiro atoms. The van der Waals surface area contributed by atoms with E-state index in [-0.39, 0.29) is 18.3 Å². The van der Waals surface area contributed by atoms with E-state index in [0.29, 0.717) is 26.6 Å². The summed E-state index contributed by atoms with van der Waals surface area (Å²) >= 11 is 13.0. The van der Waals surface area contributed by atoms with E-state index in [2.05, 4.69) is 10.3 Å². The quantitative estimate of drug-likeness (QED) is 0.638. The SMILES string of the molecule is O=C(COc1ccc(Cl)cc1Cl)Nc1nc(-c2ccc(F)cc2)cs1. The van der Waals surface area contributed by atoms with Crippen molar-refractivity contribution in [1.29, 1.82) is 0 Å². The molecule has 1 amide bonds. The van der Waals surface area contributed by atoms with Crippen LogP contribution in [0.25, 0.3) is 11.3 Å². The van der Waals surface area contributed by atoms with Crippen LogP contribution in [0.4, 0.5) is 9.52 Å². The third-order valence-electron chi connectivity index (χ3n) is 3.14. The van der Waals surface area contributed by atoms with Gasteiger partial charge in [0.25, 0.3) is 5.91 Å². The molecular formula is C17H11Cl2FN2O2S. The van der Waals surface area contributed by atoms with Crippen LogP contribution < -0.4 is 10.1 Å². The van der Waals surface area contributed by atoms with E-state index in [9.17, 15) is 9.18 Å². The van der Waals surface area contributed by atoms with E-state index >= 15 is 0 Å². The molecule has 0 atom stereocenters. The highest BCUT2D eigenvalue weighted by molar-refractivity contribution is 7.14. The number of hydrogen-bond acceptors (Lipinski definition) is 4. The molecule has 0 radical (unpaired) electrons. The van der Waals surface area contributed by atoms with Gasteiger partial charge in [0.05, 0.1) is 10.7 Å². The van der Waals surface area contributed by atoms with Crippen LogP contribution in [0.3, 0.4) is 0 Å². The van der Waals surface area contributed by atoms with Crippen molar-refractivity contribution in [3.05, 3.63) is 63.7 Å². The molecule has 0 unspecified atom stereocenters. The molecule has 1 N–H and O–H groups in total. The van der Waals surface area contributed by atoms with Gasteiger partial charge in [-0.05, 0) is 42.5 Å². The van der Waals surface area contributed by atoms with Crippen molar-refractivity contribution < 1.29 is 13.9 Å². The Morgan fingerprint density at radius 3 is 2.68 bits per heavy atom. The van der Waals surface area contributed by atoms with Crippen molar-refractivity contribution in [1.82, 2.24) is 4.98 Å². The molecule has 2 aromatic carbocycles. The van der Waals surface area contributed by atoms with Crippen molar-refractivity contribution in [2.75, 3.05) is 11.9 Å². The fraction of sp³-hybridized carbons (Fsp3) is 0.0588. The van der Waals surface area contributed by atoms with Crippen molar-refractivity contribution in [2.24, 2.45) is 0 Å². The largest absolute Gasteiger partial charge is 0.482 e. The minimum Gasteiger partial charge on any atom is -0.482 e. The highest BCUT2D eigenvalue weighted by Crippen LogP contribution is 2.28. The minimum absolute atomic E-state index is 0.215. The second kappa shape index (κ2) is 7.82. The van der Waals surface area contributed by atoms with E-state index in [1.165, 1.54) is 29.5 Å². The van der Waals surface area contributed by atoms with Crippen molar-refractivity contribution in [3.8, 4) is 17.0 Å². The number of carbonyl (C=O) groups excluding carboxylic acids is 1. The standard InChI is InChI=1S/C17H11Cl2FN2O2S/c18-11-3-6-15(13(19)7-11)24-8-16(23)22-17-21-14(9-25-17)10-1-4-12(20)5-2-10/h1-7,9H,8H2,(H,21,22,23). The number of amides is 1.